The summed E-state index contributed by atoms with van der Waals surface area (Å²) < 4.78 is 91.8. The molecule has 2 atom stereocenters. The van der Waals surface area contributed by atoms with Crippen LogP contribution in [0.3, 0.4) is 0 Å². The Labute approximate surface area is 238 Å². The van der Waals surface area contributed by atoms with Crippen LogP contribution in [0.5, 0.6) is 11.6 Å². The number of alkyl halides is 6. The summed E-state index contributed by atoms with van der Waals surface area (Å²) in [6.07, 6.45) is -7.11. The Hall–Kier alpha value is -4.28. The summed E-state index contributed by atoms with van der Waals surface area (Å²) in [6.45, 7) is 2.10. The molecule has 14 heteroatoms. The van der Waals surface area contributed by atoms with E-state index in [0.29, 0.717) is 36.5 Å². The highest BCUT2D eigenvalue weighted by molar-refractivity contribution is 5.55. The molecule has 3 heterocycles. The largest absolute Gasteiger partial charge is 0.490 e. The van der Waals surface area contributed by atoms with E-state index in [1.54, 1.807) is 6.07 Å². The van der Waals surface area contributed by atoms with E-state index in [2.05, 4.69) is 25.6 Å². The first-order valence-electron chi connectivity index (χ1n) is 13.1. The number of nitrogens with zero attached hydrogens (tertiary/aromatic N) is 4. The van der Waals surface area contributed by atoms with Crippen LogP contribution in [-0.2, 0) is 18.8 Å². The average Bonchev–Trinajstić information content (AvgIpc) is 2.94. The monoisotopic (exact) mass is 594 g/mol. The smallest absolute Gasteiger partial charge is 0.416 e. The van der Waals surface area contributed by atoms with Gasteiger partial charge in [-0.1, -0.05) is 6.92 Å². The van der Waals surface area contributed by atoms with Crippen molar-refractivity contribution in [2.24, 2.45) is 0 Å². The van der Waals surface area contributed by atoms with E-state index >= 15 is 0 Å². The van der Waals surface area contributed by atoms with Gasteiger partial charge in [0.1, 0.15) is 0 Å². The lowest BCUT2D eigenvalue weighted by atomic mass is 9.95. The normalized spacial score (nSPS) is 16.6. The Bertz CT molecular complexity index is 1410. The fourth-order valence-electron chi connectivity index (χ4n) is 4.56. The van der Waals surface area contributed by atoms with E-state index in [-0.39, 0.29) is 54.1 Å². The lowest BCUT2D eigenvalue weighted by Crippen LogP contribution is -2.32. The van der Waals surface area contributed by atoms with Gasteiger partial charge >= 0.3 is 12.4 Å². The minimum absolute atomic E-state index is 0.0791. The van der Waals surface area contributed by atoms with Crippen LogP contribution in [0.15, 0.2) is 36.5 Å². The second kappa shape index (κ2) is 12.7. The highest BCUT2D eigenvalue weighted by atomic mass is 19.4. The first kappa shape index (κ1) is 30.7. The van der Waals surface area contributed by atoms with Gasteiger partial charge in [0.05, 0.1) is 60.2 Å². The number of nitriles is 1. The minimum Gasteiger partial charge on any atom is -0.490 e. The van der Waals surface area contributed by atoms with Gasteiger partial charge in [-0.25, -0.2) is 15.0 Å². The van der Waals surface area contributed by atoms with Crippen LogP contribution in [-0.4, -0.2) is 34.7 Å². The van der Waals surface area contributed by atoms with Crippen LogP contribution in [0.4, 0.5) is 38.0 Å². The number of fused-ring (bicyclic) bond motifs is 1. The van der Waals surface area contributed by atoms with Crippen molar-refractivity contribution in [3.05, 3.63) is 64.6 Å². The molecule has 0 saturated heterocycles. The summed E-state index contributed by atoms with van der Waals surface area (Å²) in [4.78, 5) is 13.3. The molecular weight excluding hydrogens is 566 g/mol. The molecule has 0 amide bonds. The molecule has 4 rings (SSSR count). The van der Waals surface area contributed by atoms with Crippen LogP contribution in [0, 0.1) is 11.3 Å². The van der Waals surface area contributed by atoms with Gasteiger partial charge in [-0.3, -0.25) is 0 Å². The first-order valence-corrected chi connectivity index (χ1v) is 13.1. The molecule has 0 unspecified atom stereocenters. The Kier molecular flexibility index (Phi) is 9.28. The van der Waals surface area contributed by atoms with Gasteiger partial charge in [0, 0.05) is 24.9 Å². The van der Waals surface area contributed by atoms with Crippen molar-refractivity contribution >= 4 is 11.6 Å². The van der Waals surface area contributed by atoms with Gasteiger partial charge in [0.15, 0.2) is 5.75 Å². The van der Waals surface area contributed by atoms with Gasteiger partial charge in [0.2, 0.25) is 11.8 Å². The van der Waals surface area contributed by atoms with Crippen LogP contribution in [0.25, 0.3) is 0 Å². The van der Waals surface area contributed by atoms with E-state index < -0.39 is 29.9 Å². The van der Waals surface area contributed by atoms with Crippen LogP contribution < -0.4 is 20.1 Å². The third-order valence-corrected chi connectivity index (χ3v) is 6.65. The standard InChI is InChI=1S/C28H28F6N6O2/c1-3-19-14-22(25-20(37-19)6-7-24(40-25)41-2)39-26-36-15-23(42-9-5-4-8-35)21(38-26)12-16-10-17(27(29,30)31)13-18(11-16)28(32,33)34/h6-7,10-11,13,15,19,22,37H,3-5,9,12,14H2,1-2H3,(H,36,38,39)/t19-,22+/m1/s1. The number of rotatable bonds is 10. The van der Waals surface area contributed by atoms with E-state index in [4.69, 9.17) is 14.7 Å². The molecule has 0 aliphatic carbocycles. The van der Waals surface area contributed by atoms with E-state index in [0.717, 1.165) is 12.1 Å². The van der Waals surface area contributed by atoms with Gasteiger partial charge in [-0.15, -0.1) is 0 Å². The number of ether oxygens (including phenoxy) is 2. The molecule has 8 nitrogen and oxygen atoms in total. The number of methoxy groups -OCH3 is 1. The lowest BCUT2D eigenvalue weighted by Gasteiger charge is -2.32. The Balaban J connectivity index is 1.71. The van der Waals surface area contributed by atoms with Crippen molar-refractivity contribution in [1.29, 1.82) is 5.26 Å². The number of benzene rings is 1. The zero-order valence-corrected chi connectivity index (χ0v) is 22.7. The average molecular weight is 595 g/mol. The topological polar surface area (TPSA) is 105 Å². The summed E-state index contributed by atoms with van der Waals surface area (Å²) in [5, 5.41) is 15.4. The fourth-order valence-corrected chi connectivity index (χ4v) is 4.56. The van der Waals surface area contributed by atoms with Crippen LogP contribution in [0.2, 0.25) is 0 Å². The Morgan fingerprint density at radius 2 is 1.79 bits per heavy atom. The highest BCUT2D eigenvalue weighted by Gasteiger charge is 2.37. The molecular formula is C28H28F6N6O2. The van der Waals surface area contributed by atoms with Crippen molar-refractivity contribution in [2.45, 2.75) is 63.5 Å². The molecule has 1 aliphatic heterocycles. The van der Waals surface area contributed by atoms with Crippen molar-refractivity contribution in [1.82, 2.24) is 15.0 Å². The zero-order chi connectivity index (χ0) is 30.5. The summed E-state index contributed by atoms with van der Waals surface area (Å²) >= 11 is 0. The quantitative estimate of drug-likeness (QED) is 0.192. The number of pyridine rings is 1. The number of unbranched alkanes of at least 4 members (excludes halogenated alkanes) is 1. The predicted octanol–water partition coefficient (Wildman–Crippen LogP) is 6.94. The second-order valence-corrected chi connectivity index (χ2v) is 9.67. The van der Waals surface area contributed by atoms with Crippen LogP contribution >= 0.6 is 0 Å². The molecule has 2 aromatic heterocycles. The van der Waals surface area contributed by atoms with E-state index in [1.807, 2.05) is 19.1 Å². The van der Waals surface area contributed by atoms with Gasteiger partial charge in [0.25, 0.3) is 0 Å². The van der Waals surface area contributed by atoms with Crippen LogP contribution in [0.1, 0.15) is 66.7 Å². The summed E-state index contributed by atoms with van der Waals surface area (Å²) in [5.41, 5.74) is -1.59. The number of nitrogens with one attached hydrogen (secondary N) is 2. The molecule has 0 radical (unpaired) electrons. The molecule has 0 spiro atoms. The van der Waals surface area contributed by atoms with Crippen molar-refractivity contribution in [2.75, 3.05) is 24.4 Å². The number of anilines is 2. The maximum atomic E-state index is 13.5. The number of hydrogen-bond donors (Lipinski definition) is 2. The van der Waals surface area contributed by atoms with Gasteiger partial charge in [-0.2, -0.15) is 31.6 Å². The van der Waals surface area contributed by atoms with Crippen molar-refractivity contribution in [3.8, 4) is 17.7 Å². The molecule has 1 aromatic carbocycles. The molecule has 42 heavy (non-hydrogen) atoms. The third kappa shape index (κ3) is 7.51. The Morgan fingerprint density at radius 1 is 1.07 bits per heavy atom. The number of halogens is 6. The lowest BCUT2D eigenvalue weighted by molar-refractivity contribution is -0.143. The summed E-state index contributed by atoms with van der Waals surface area (Å²) in [5.74, 6) is 0.571. The summed E-state index contributed by atoms with van der Waals surface area (Å²) in [7, 11) is 1.49. The predicted molar refractivity (Wildman–Crippen MR) is 141 cm³/mol. The molecule has 3 aromatic rings. The van der Waals surface area contributed by atoms with E-state index in [9.17, 15) is 26.3 Å². The molecule has 2 N–H and O–H groups in total. The SMILES string of the molecule is CC[C@@H]1C[C@H](Nc2ncc(OCCCC#N)c(Cc3cc(C(F)(F)F)cc(C(F)(F)F)c3)n2)c2nc(OC)ccc2N1. The molecule has 0 saturated carbocycles. The fraction of sp³-hybridized carbons (Fsp3) is 0.429. The second-order valence-electron chi connectivity index (χ2n) is 9.67. The maximum Gasteiger partial charge on any atom is 0.416 e. The van der Waals surface area contributed by atoms with E-state index in [1.165, 1.54) is 13.3 Å². The van der Waals surface area contributed by atoms with Crippen molar-refractivity contribution in [3.63, 3.8) is 0 Å². The Morgan fingerprint density at radius 3 is 2.40 bits per heavy atom. The molecule has 1 aliphatic rings. The third-order valence-electron chi connectivity index (χ3n) is 6.65. The molecule has 0 fully saturated rings. The zero-order valence-electron chi connectivity index (χ0n) is 22.7. The minimum atomic E-state index is -4.99. The highest BCUT2D eigenvalue weighted by Crippen LogP contribution is 2.38. The maximum absolute atomic E-state index is 13.5. The molecule has 0 bridgehead atoms. The van der Waals surface area contributed by atoms with Gasteiger partial charge < -0.3 is 20.1 Å². The number of aromatic nitrogens is 3. The summed E-state index contributed by atoms with van der Waals surface area (Å²) in [6, 6.07) is 6.66. The van der Waals surface area contributed by atoms with Gasteiger partial charge in [-0.05, 0) is 49.1 Å². The number of hydrogen-bond acceptors (Lipinski definition) is 8. The van der Waals surface area contributed by atoms with Crippen molar-refractivity contribution < 1.29 is 35.8 Å². The molecule has 224 valence electrons. The first-order chi connectivity index (χ1) is 19.9.